The zero-order valence-electron chi connectivity index (χ0n) is 17.8. The first-order valence-corrected chi connectivity index (χ1v) is 10.4. The third-order valence-electron chi connectivity index (χ3n) is 5.97. The van der Waals surface area contributed by atoms with E-state index in [4.69, 9.17) is 9.47 Å². The number of hydrogen-bond acceptors (Lipinski definition) is 4. The molecule has 0 bridgehead atoms. The first-order chi connectivity index (χ1) is 15.1. The van der Waals surface area contributed by atoms with E-state index in [1.807, 2.05) is 48.5 Å². The van der Waals surface area contributed by atoms with Crippen LogP contribution in [0.3, 0.4) is 0 Å². The van der Waals surface area contributed by atoms with E-state index in [2.05, 4.69) is 4.90 Å². The maximum absolute atomic E-state index is 13.6. The molecule has 5 heteroatoms. The number of rotatable bonds is 7. The summed E-state index contributed by atoms with van der Waals surface area (Å²) in [4.78, 5) is 15.7. The Labute approximate surface area is 182 Å². The molecule has 1 aliphatic rings. The maximum Gasteiger partial charge on any atom is 0.167 e. The van der Waals surface area contributed by atoms with E-state index in [1.165, 1.54) is 12.1 Å². The van der Waals surface area contributed by atoms with Crippen LogP contribution in [0.1, 0.15) is 33.9 Å². The zero-order valence-corrected chi connectivity index (χ0v) is 17.8. The van der Waals surface area contributed by atoms with Crippen LogP contribution in [-0.2, 0) is 6.54 Å². The van der Waals surface area contributed by atoms with E-state index in [0.29, 0.717) is 12.1 Å². The van der Waals surface area contributed by atoms with Gasteiger partial charge < -0.3 is 9.47 Å². The summed E-state index contributed by atoms with van der Waals surface area (Å²) in [6, 6.07) is 21.6. The van der Waals surface area contributed by atoms with E-state index >= 15 is 0 Å². The normalized spacial score (nSPS) is 18.7. The van der Waals surface area contributed by atoms with Gasteiger partial charge in [0.05, 0.1) is 14.2 Å². The Morgan fingerprint density at radius 1 is 0.903 bits per heavy atom. The Hall–Kier alpha value is -3.18. The highest BCUT2D eigenvalue weighted by molar-refractivity contribution is 5.98. The molecular formula is C26H26FNO3. The molecule has 3 aromatic carbocycles. The largest absolute Gasteiger partial charge is 0.497 e. The molecule has 0 radical (unpaired) electrons. The van der Waals surface area contributed by atoms with Crippen LogP contribution in [-0.4, -0.2) is 31.4 Å². The minimum Gasteiger partial charge on any atom is -0.497 e. The van der Waals surface area contributed by atoms with E-state index in [1.54, 1.807) is 26.4 Å². The van der Waals surface area contributed by atoms with Crippen molar-refractivity contribution in [3.8, 4) is 11.5 Å². The molecule has 0 N–H and O–H groups in total. The molecule has 31 heavy (non-hydrogen) atoms. The molecular weight excluding hydrogens is 393 g/mol. The van der Waals surface area contributed by atoms with Crippen molar-refractivity contribution in [3.63, 3.8) is 0 Å². The summed E-state index contributed by atoms with van der Waals surface area (Å²) < 4.78 is 24.0. The Morgan fingerprint density at radius 2 is 1.48 bits per heavy atom. The Bertz CT molecular complexity index is 1020. The predicted octanol–water partition coefficient (Wildman–Crippen LogP) is 5.29. The summed E-state index contributed by atoms with van der Waals surface area (Å²) in [5.74, 6) is 1.17. The Balaban J connectivity index is 1.62. The average Bonchev–Trinajstić information content (AvgIpc) is 3.23. The van der Waals surface area contributed by atoms with Gasteiger partial charge in [-0.15, -0.1) is 0 Å². The lowest BCUT2D eigenvalue weighted by molar-refractivity contribution is 0.0878. The molecule has 160 valence electrons. The van der Waals surface area contributed by atoms with Crippen LogP contribution in [0.25, 0.3) is 0 Å². The molecule has 0 aliphatic carbocycles. The molecule has 0 amide bonds. The van der Waals surface area contributed by atoms with Crippen LogP contribution in [0, 0.1) is 11.7 Å². The number of ketones is 1. The minimum absolute atomic E-state index is 0.106. The lowest BCUT2D eigenvalue weighted by atomic mass is 9.87. The molecule has 1 saturated heterocycles. The number of Topliss-reactive ketones (excluding diaryl/α,β-unsaturated/α-hetero) is 1. The van der Waals surface area contributed by atoms with Gasteiger partial charge in [0.2, 0.25) is 0 Å². The van der Waals surface area contributed by atoms with Crippen molar-refractivity contribution in [1.82, 2.24) is 4.90 Å². The number of likely N-dealkylation sites (tertiary alicyclic amines) is 1. The highest BCUT2D eigenvalue weighted by Gasteiger charge is 2.39. The van der Waals surface area contributed by atoms with E-state index in [0.717, 1.165) is 35.6 Å². The number of carbonyl (C=O) groups excluding carboxylic acids is 1. The lowest BCUT2D eigenvalue weighted by Crippen LogP contribution is -2.28. The minimum atomic E-state index is -0.276. The van der Waals surface area contributed by atoms with Crippen molar-refractivity contribution in [2.24, 2.45) is 5.92 Å². The quantitative estimate of drug-likeness (QED) is 0.488. The molecule has 4 rings (SSSR count). The van der Waals surface area contributed by atoms with Gasteiger partial charge in [0.25, 0.3) is 0 Å². The van der Waals surface area contributed by atoms with E-state index < -0.39 is 0 Å². The molecule has 4 nitrogen and oxygen atoms in total. The van der Waals surface area contributed by atoms with Crippen molar-refractivity contribution in [1.29, 1.82) is 0 Å². The highest BCUT2D eigenvalue weighted by Crippen LogP contribution is 2.40. The number of nitrogens with zero attached hydrogens (tertiary/aromatic N) is 1. The van der Waals surface area contributed by atoms with Crippen LogP contribution in [0.5, 0.6) is 11.5 Å². The molecule has 0 saturated carbocycles. The summed E-state index contributed by atoms with van der Waals surface area (Å²) in [7, 11) is 3.25. The van der Waals surface area contributed by atoms with Gasteiger partial charge in [0.1, 0.15) is 17.3 Å². The highest BCUT2D eigenvalue weighted by atomic mass is 19.1. The van der Waals surface area contributed by atoms with Gasteiger partial charge in [-0.2, -0.15) is 0 Å². The second-order valence-electron chi connectivity index (χ2n) is 7.80. The number of methoxy groups -OCH3 is 2. The number of ether oxygens (including phenoxy) is 2. The van der Waals surface area contributed by atoms with E-state index in [-0.39, 0.29) is 23.6 Å². The van der Waals surface area contributed by atoms with Crippen LogP contribution in [0.2, 0.25) is 0 Å². The topological polar surface area (TPSA) is 38.8 Å². The molecule has 0 aromatic heterocycles. The van der Waals surface area contributed by atoms with Gasteiger partial charge in [0.15, 0.2) is 5.78 Å². The van der Waals surface area contributed by atoms with Gasteiger partial charge in [-0.1, -0.05) is 24.3 Å². The Kier molecular flexibility index (Phi) is 6.33. The van der Waals surface area contributed by atoms with Crippen molar-refractivity contribution in [3.05, 3.63) is 95.3 Å². The predicted molar refractivity (Wildman–Crippen MR) is 118 cm³/mol. The Morgan fingerprint density at radius 3 is 2.06 bits per heavy atom. The zero-order chi connectivity index (χ0) is 21.8. The van der Waals surface area contributed by atoms with Crippen LogP contribution in [0.4, 0.5) is 4.39 Å². The maximum atomic E-state index is 13.6. The SMILES string of the molecule is COc1ccc(CN2CC[C@H](C(=O)c3ccc(OC)cc3)[C@@H]2c2ccc(F)cc2)cc1. The van der Waals surface area contributed by atoms with E-state index in [9.17, 15) is 9.18 Å². The third kappa shape index (κ3) is 4.62. The molecule has 1 fully saturated rings. The number of hydrogen-bond donors (Lipinski definition) is 0. The standard InChI is InChI=1S/C26H26FNO3/c1-30-22-11-3-18(4-12-22)17-28-16-15-24(25(28)19-5-9-21(27)10-6-19)26(29)20-7-13-23(31-2)14-8-20/h3-14,24-25H,15-17H2,1-2H3/t24-,25-/m0/s1. The summed E-state index contributed by atoms with van der Waals surface area (Å²) in [5.41, 5.74) is 2.77. The summed E-state index contributed by atoms with van der Waals surface area (Å²) in [6.07, 6.45) is 0.753. The summed E-state index contributed by atoms with van der Waals surface area (Å²) in [6.45, 7) is 1.50. The molecule has 2 atom stereocenters. The van der Waals surface area contributed by atoms with Gasteiger partial charge >= 0.3 is 0 Å². The number of benzene rings is 3. The fraction of sp³-hybridized carbons (Fsp3) is 0.269. The number of halogens is 1. The molecule has 0 unspecified atom stereocenters. The smallest absolute Gasteiger partial charge is 0.167 e. The fourth-order valence-corrected chi connectivity index (χ4v) is 4.35. The first kappa shape index (κ1) is 21.1. The molecule has 0 spiro atoms. The van der Waals surface area contributed by atoms with Crippen molar-refractivity contribution in [2.45, 2.75) is 19.0 Å². The monoisotopic (exact) mass is 419 g/mol. The lowest BCUT2D eigenvalue weighted by Gasteiger charge is -2.28. The van der Waals surface area contributed by atoms with Crippen LogP contribution < -0.4 is 9.47 Å². The third-order valence-corrected chi connectivity index (χ3v) is 5.97. The van der Waals surface area contributed by atoms with Gasteiger partial charge in [-0.25, -0.2) is 4.39 Å². The number of carbonyl (C=O) groups is 1. The molecule has 1 aliphatic heterocycles. The van der Waals surface area contributed by atoms with Gasteiger partial charge in [-0.05, 0) is 72.6 Å². The van der Waals surface area contributed by atoms with Crippen LogP contribution in [0.15, 0.2) is 72.8 Å². The second kappa shape index (κ2) is 9.31. The fourth-order valence-electron chi connectivity index (χ4n) is 4.35. The average molecular weight is 419 g/mol. The van der Waals surface area contributed by atoms with Gasteiger partial charge in [0, 0.05) is 24.1 Å². The first-order valence-electron chi connectivity index (χ1n) is 10.4. The van der Waals surface area contributed by atoms with Crippen molar-refractivity contribution >= 4 is 5.78 Å². The van der Waals surface area contributed by atoms with Crippen molar-refractivity contribution in [2.75, 3.05) is 20.8 Å². The van der Waals surface area contributed by atoms with Crippen molar-refractivity contribution < 1.29 is 18.7 Å². The summed E-state index contributed by atoms with van der Waals surface area (Å²) in [5, 5.41) is 0. The summed E-state index contributed by atoms with van der Waals surface area (Å²) >= 11 is 0. The van der Waals surface area contributed by atoms with Gasteiger partial charge in [-0.3, -0.25) is 9.69 Å². The molecule has 1 heterocycles. The van der Waals surface area contributed by atoms with Crippen LogP contribution >= 0.6 is 0 Å². The molecule has 3 aromatic rings. The second-order valence-corrected chi connectivity index (χ2v) is 7.80.